The van der Waals surface area contributed by atoms with Gasteiger partial charge in [-0.3, -0.25) is 4.79 Å². The van der Waals surface area contributed by atoms with Crippen LogP contribution in [0, 0.1) is 12.8 Å². The van der Waals surface area contributed by atoms with Crippen LogP contribution >= 0.6 is 11.6 Å². The molecule has 12 heteroatoms. The predicted octanol–water partition coefficient (Wildman–Crippen LogP) is 3.44. The summed E-state index contributed by atoms with van der Waals surface area (Å²) in [4.78, 5) is 32.7. The highest BCUT2D eigenvalue weighted by atomic mass is 35.5. The minimum Gasteiger partial charge on any atom is -0.376 e. The number of fused-ring (bicyclic) bond motifs is 1. The minimum absolute atomic E-state index is 0.0593. The van der Waals surface area contributed by atoms with E-state index in [9.17, 15) is 13.2 Å². The van der Waals surface area contributed by atoms with Crippen LogP contribution in [0.2, 0.25) is 5.15 Å². The van der Waals surface area contributed by atoms with Gasteiger partial charge in [0.05, 0.1) is 29.7 Å². The largest absolute Gasteiger partial charge is 0.376 e. The molecule has 0 aromatic carbocycles. The van der Waals surface area contributed by atoms with E-state index in [2.05, 4.69) is 42.2 Å². The van der Waals surface area contributed by atoms with Gasteiger partial charge in [0, 0.05) is 45.5 Å². The lowest BCUT2D eigenvalue weighted by Gasteiger charge is -2.44. The molecular weight excluding hydrogens is 550 g/mol. The molecule has 212 valence electrons. The number of hydrogen-bond donors (Lipinski definition) is 1. The Morgan fingerprint density at radius 2 is 1.70 bits per heavy atom. The minimum atomic E-state index is -3.61. The first-order chi connectivity index (χ1) is 18.9. The molecule has 1 N–H and O–H groups in total. The molecule has 2 aromatic rings. The van der Waals surface area contributed by atoms with Crippen LogP contribution in [0.4, 0.5) is 11.4 Å². The van der Waals surface area contributed by atoms with Crippen molar-refractivity contribution in [1.82, 2.24) is 24.8 Å². The zero-order chi connectivity index (χ0) is 28.8. The second-order valence-corrected chi connectivity index (χ2v) is 13.0. The number of aromatic nitrogens is 3. The molecule has 0 spiro atoms. The third kappa shape index (κ3) is 5.57. The van der Waals surface area contributed by atoms with Crippen LogP contribution in [0.25, 0.3) is 0 Å². The van der Waals surface area contributed by atoms with E-state index in [1.54, 1.807) is 17.0 Å². The normalized spacial score (nSPS) is 20.7. The van der Waals surface area contributed by atoms with E-state index < -0.39 is 9.84 Å². The molecule has 2 atom stereocenters. The van der Waals surface area contributed by atoms with Crippen LogP contribution in [0.5, 0.6) is 0 Å². The molecule has 1 fully saturated rings. The first kappa shape index (κ1) is 28.1. The summed E-state index contributed by atoms with van der Waals surface area (Å²) in [6.07, 6.45) is 9.70. The first-order valence-corrected chi connectivity index (χ1v) is 15.5. The van der Waals surface area contributed by atoms with Gasteiger partial charge in [-0.2, -0.15) is 0 Å². The van der Waals surface area contributed by atoms with Crippen molar-refractivity contribution < 1.29 is 13.2 Å². The number of carbonyl (C=O) groups is 1. The number of piperazine rings is 1. The SMILES string of the molecule is CC1=CC([C@@H](C)Nc2ccc(Cl)nc2S(C)(=O)=O)=C2C=C(N3CCN(c4cnc(C)nc4)CC3)N(C)C(=O)C2C1. The van der Waals surface area contributed by atoms with Crippen molar-refractivity contribution in [3.63, 3.8) is 0 Å². The molecule has 10 nitrogen and oxygen atoms in total. The van der Waals surface area contributed by atoms with Gasteiger partial charge in [0.2, 0.25) is 5.91 Å². The number of rotatable bonds is 6. The fourth-order valence-electron chi connectivity index (χ4n) is 5.57. The number of nitrogens with zero attached hydrogens (tertiary/aromatic N) is 6. The highest BCUT2D eigenvalue weighted by molar-refractivity contribution is 7.90. The summed E-state index contributed by atoms with van der Waals surface area (Å²) in [7, 11) is -1.77. The molecule has 40 heavy (non-hydrogen) atoms. The topological polar surface area (TPSA) is 112 Å². The van der Waals surface area contributed by atoms with Crippen LogP contribution in [-0.2, 0) is 14.6 Å². The molecule has 0 bridgehead atoms. The maximum absolute atomic E-state index is 13.7. The smallest absolute Gasteiger partial charge is 0.235 e. The third-order valence-corrected chi connectivity index (χ3v) is 8.87. The van der Waals surface area contributed by atoms with Crippen molar-refractivity contribution in [1.29, 1.82) is 0 Å². The Kier molecular flexibility index (Phi) is 7.62. The van der Waals surface area contributed by atoms with E-state index >= 15 is 0 Å². The quantitative estimate of drug-likeness (QED) is 0.511. The molecule has 2 aromatic heterocycles. The lowest BCUT2D eigenvalue weighted by Crippen LogP contribution is -2.51. The summed E-state index contributed by atoms with van der Waals surface area (Å²) in [5.41, 5.74) is 4.39. The summed E-state index contributed by atoms with van der Waals surface area (Å²) in [6.45, 7) is 8.94. The number of carbonyl (C=O) groups excluding carboxylic acids is 1. The zero-order valence-electron chi connectivity index (χ0n) is 23.3. The fraction of sp³-hybridized carbons (Fsp3) is 0.429. The number of sulfone groups is 1. The van der Waals surface area contributed by atoms with Gasteiger partial charge in [-0.25, -0.2) is 23.4 Å². The first-order valence-electron chi connectivity index (χ1n) is 13.2. The van der Waals surface area contributed by atoms with E-state index in [1.165, 1.54) is 0 Å². The van der Waals surface area contributed by atoms with Crippen LogP contribution < -0.4 is 10.2 Å². The van der Waals surface area contributed by atoms with E-state index in [1.807, 2.05) is 40.2 Å². The molecule has 1 amide bonds. The van der Waals surface area contributed by atoms with Crippen molar-refractivity contribution in [3.8, 4) is 0 Å². The number of anilines is 2. The Morgan fingerprint density at radius 3 is 2.35 bits per heavy atom. The average molecular weight is 584 g/mol. The third-order valence-electron chi connectivity index (χ3n) is 7.65. The van der Waals surface area contributed by atoms with Crippen molar-refractivity contribution >= 4 is 38.7 Å². The summed E-state index contributed by atoms with van der Waals surface area (Å²) in [5, 5.41) is 3.34. The van der Waals surface area contributed by atoms with E-state index in [-0.39, 0.29) is 28.0 Å². The summed E-state index contributed by atoms with van der Waals surface area (Å²) in [5.74, 6) is 1.39. The van der Waals surface area contributed by atoms with Gasteiger partial charge in [0.1, 0.15) is 16.8 Å². The summed E-state index contributed by atoms with van der Waals surface area (Å²) < 4.78 is 24.8. The summed E-state index contributed by atoms with van der Waals surface area (Å²) >= 11 is 6.00. The van der Waals surface area contributed by atoms with Gasteiger partial charge < -0.3 is 20.0 Å². The Bertz CT molecular complexity index is 1530. The highest BCUT2D eigenvalue weighted by Crippen LogP contribution is 2.39. The second-order valence-electron chi connectivity index (χ2n) is 10.6. The van der Waals surface area contributed by atoms with Crippen molar-refractivity contribution in [2.75, 3.05) is 49.7 Å². The molecule has 0 radical (unpaired) electrons. The second kappa shape index (κ2) is 10.9. The highest BCUT2D eigenvalue weighted by Gasteiger charge is 2.38. The van der Waals surface area contributed by atoms with Gasteiger partial charge >= 0.3 is 0 Å². The predicted molar refractivity (Wildman–Crippen MR) is 156 cm³/mol. The number of halogens is 1. The van der Waals surface area contributed by atoms with Crippen LogP contribution in [0.3, 0.4) is 0 Å². The fourth-order valence-corrected chi connectivity index (χ4v) is 6.56. The van der Waals surface area contributed by atoms with Crippen LogP contribution in [0.15, 0.2) is 64.2 Å². The molecule has 0 saturated carbocycles. The lowest BCUT2D eigenvalue weighted by molar-refractivity contribution is -0.133. The molecule has 4 heterocycles. The van der Waals surface area contributed by atoms with Gasteiger partial charge in [0.15, 0.2) is 14.9 Å². The molecule has 1 aliphatic carbocycles. The molecule has 3 aliphatic rings. The molecular formula is C28H34ClN7O3S. The standard InChI is InChI=1S/C28H34ClN7O3S/c1-17-12-21(18(2)32-24-6-7-25(29)33-27(24)40(5,38)39)22-14-26(34(4)28(37)23(22)13-17)36-10-8-35(9-11-36)20-15-30-19(3)31-16-20/h6-7,12,14-16,18,23,32H,8-11,13H2,1-5H3/t18-,23?/m1/s1. The Morgan fingerprint density at radius 1 is 1.05 bits per heavy atom. The van der Waals surface area contributed by atoms with E-state index in [0.717, 1.165) is 66.5 Å². The van der Waals surface area contributed by atoms with E-state index in [0.29, 0.717) is 12.1 Å². The van der Waals surface area contributed by atoms with Gasteiger partial charge in [-0.05, 0) is 56.5 Å². The van der Waals surface area contributed by atoms with Crippen molar-refractivity contribution in [2.45, 2.75) is 38.3 Å². The number of nitrogens with one attached hydrogen (secondary N) is 1. The van der Waals surface area contributed by atoms with Crippen LogP contribution in [0.1, 0.15) is 26.1 Å². The van der Waals surface area contributed by atoms with Gasteiger partial charge in [-0.15, -0.1) is 0 Å². The van der Waals surface area contributed by atoms with Crippen LogP contribution in [-0.4, -0.2) is 84.6 Å². The van der Waals surface area contributed by atoms with Crippen molar-refractivity contribution in [2.24, 2.45) is 5.92 Å². The lowest BCUT2D eigenvalue weighted by atomic mass is 9.78. The molecule has 1 unspecified atom stereocenters. The molecule has 1 saturated heterocycles. The number of amides is 1. The van der Waals surface area contributed by atoms with Gasteiger partial charge in [-0.1, -0.05) is 23.3 Å². The monoisotopic (exact) mass is 583 g/mol. The number of pyridine rings is 1. The zero-order valence-corrected chi connectivity index (χ0v) is 24.9. The molecule has 2 aliphatic heterocycles. The van der Waals surface area contributed by atoms with Crippen molar-refractivity contribution in [3.05, 3.63) is 70.2 Å². The van der Waals surface area contributed by atoms with Gasteiger partial charge in [0.25, 0.3) is 0 Å². The number of aryl methyl sites for hydroxylation is 1. The Balaban J connectivity index is 1.45. The Hall–Kier alpha value is -3.44. The summed E-state index contributed by atoms with van der Waals surface area (Å²) in [6, 6.07) is 2.90. The average Bonchev–Trinajstić information content (AvgIpc) is 2.91. The Labute approximate surface area is 240 Å². The van der Waals surface area contributed by atoms with E-state index in [4.69, 9.17) is 11.6 Å². The number of allylic oxidation sites excluding steroid dienone is 2. The number of hydrogen-bond acceptors (Lipinski definition) is 9. The molecule has 5 rings (SSSR count). The maximum Gasteiger partial charge on any atom is 0.235 e. The maximum atomic E-state index is 13.7.